The van der Waals surface area contributed by atoms with Crippen molar-refractivity contribution in [2.75, 3.05) is 10.6 Å². The lowest BCUT2D eigenvalue weighted by molar-refractivity contribution is -0.136. The predicted molar refractivity (Wildman–Crippen MR) is 141 cm³/mol. The number of nitrogens with one attached hydrogen (secondary N) is 2. The topological polar surface area (TPSA) is 114 Å². The summed E-state index contributed by atoms with van der Waals surface area (Å²) in [7, 11) is 0. The van der Waals surface area contributed by atoms with Crippen LogP contribution in [0.15, 0.2) is 65.2 Å². The van der Waals surface area contributed by atoms with Crippen LogP contribution < -0.4 is 10.6 Å². The molecule has 1 aromatic heterocycles. The van der Waals surface area contributed by atoms with Gasteiger partial charge < -0.3 is 19.7 Å². The number of rotatable bonds is 6. The third-order valence-electron chi connectivity index (χ3n) is 6.29. The molecule has 0 saturated heterocycles. The van der Waals surface area contributed by atoms with Gasteiger partial charge in [-0.1, -0.05) is 65.3 Å². The summed E-state index contributed by atoms with van der Waals surface area (Å²) in [5.74, 6) is -0.414. The number of benzene rings is 3. The summed E-state index contributed by atoms with van der Waals surface area (Å²) in [4.78, 5) is 23.8. The van der Waals surface area contributed by atoms with Crippen LogP contribution in [0.3, 0.4) is 0 Å². The summed E-state index contributed by atoms with van der Waals surface area (Å²) in [5, 5.41) is 19.9. The second kappa shape index (κ2) is 9.99. The zero-order valence-corrected chi connectivity index (χ0v) is 20.9. The van der Waals surface area contributed by atoms with E-state index in [1.54, 1.807) is 19.9 Å². The lowest BCUT2D eigenvalue weighted by atomic mass is 9.91. The Kier molecular flexibility index (Phi) is 6.58. The van der Waals surface area contributed by atoms with Crippen LogP contribution in [0.4, 0.5) is 16.2 Å². The third-order valence-corrected chi connectivity index (χ3v) is 6.64. The highest BCUT2D eigenvalue weighted by Gasteiger charge is 2.23. The number of aliphatic carboxylic acids is 1. The number of aryl methyl sites for hydroxylation is 1. The zero-order chi connectivity index (χ0) is 26.1. The summed E-state index contributed by atoms with van der Waals surface area (Å²) >= 11 is 6.23. The van der Waals surface area contributed by atoms with Crippen LogP contribution in [-0.2, 0) is 22.5 Å². The minimum atomic E-state index is -0.858. The maximum absolute atomic E-state index is 12.7. The Morgan fingerprint density at radius 1 is 1.16 bits per heavy atom. The van der Waals surface area contributed by atoms with Crippen LogP contribution in [0.25, 0.3) is 22.4 Å². The number of halogens is 1. The van der Waals surface area contributed by atoms with Crippen molar-refractivity contribution in [2.24, 2.45) is 0 Å². The van der Waals surface area contributed by atoms with Gasteiger partial charge in [-0.2, -0.15) is 0 Å². The number of carboxylic acids is 1. The van der Waals surface area contributed by atoms with Gasteiger partial charge in [-0.25, -0.2) is 4.79 Å². The van der Waals surface area contributed by atoms with Gasteiger partial charge in [0.1, 0.15) is 17.5 Å². The summed E-state index contributed by atoms with van der Waals surface area (Å²) < 4.78 is 10.9. The van der Waals surface area contributed by atoms with E-state index in [4.69, 9.17) is 26.0 Å². The van der Waals surface area contributed by atoms with E-state index in [1.165, 1.54) is 0 Å². The maximum Gasteiger partial charge on any atom is 0.412 e. The van der Waals surface area contributed by atoms with Crippen molar-refractivity contribution in [2.45, 2.75) is 32.9 Å². The van der Waals surface area contributed by atoms with Gasteiger partial charge in [0.15, 0.2) is 5.76 Å². The van der Waals surface area contributed by atoms with E-state index in [2.05, 4.69) is 15.8 Å². The largest absolute Gasteiger partial charge is 0.481 e. The summed E-state index contributed by atoms with van der Waals surface area (Å²) in [6.07, 6.45) is -1.22. The number of hydrogen-bond acceptors (Lipinski definition) is 6. The predicted octanol–water partition coefficient (Wildman–Crippen LogP) is 6.83. The van der Waals surface area contributed by atoms with Crippen molar-refractivity contribution in [3.8, 4) is 22.4 Å². The molecule has 0 spiro atoms. The number of carboxylic acid groups (broad SMARTS) is 1. The Morgan fingerprint density at radius 3 is 2.73 bits per heavy atom. The molecule has 3 aromatic carbocycles. The smallest absolute Gasteiger partial charge is 0.412 e. The van der Waals surface area contributed by atoms with Crippen LogP contribution in [0.1, 0.15) is 35.5 Å². The fourth-order valence-corrected chi connectivity index (χ4v) is 4.77. The second-order valence-electron chi connectivity index (χ2n) is 8.83. The number of hydrogen-bond donors (Lipinski definition) is 3. The van der Waals surface area contributed by atoms with E-state index in [-0.39, 0.29) is 6.42 Å². The van der Waals surface area contributed by atoms with Gasteiger partial charge in [0.25, 0.3) is 0 Å². The van der Waals surface area contributed by atoms with E-state index in [1.807, 2.05) is 54.6 Å². The second-order valence-corrected chi connectivity index (χ2v) is 9.24. The van der Waals surface area contributed by atoms with Crippen LogP contribution in [0.5, 0.6) is 0 Å². The molecule has 37 heavy (non-hydrogen) atoms. The Balaban J connectivity index is 1.37. The number of ether oxygens (including phenoxy) is 1. The van der Waals surface area contributed by atoms with Crippen LogP contribution in [-0.4, -0.2) is 22.3 Å². The Labute approximate surface area is 218 Å². The molecule has 4 aromatic rings. The van der Waals surface area contributed by atoms with Gasteiger partial charge in [0.2, 0.25) is 0 Å². The third kappa shape index (κ3) is 5.01. The molecule has 1 amide bonds. The fourth-order valence-electron chi connectivity index (χ4n) is 4.48. The molecule has 0 fully saturated rings. The van der Waals surface area contributed by atoms with Gasteiger partial charge in [-0.3, -0.25) is 10.1 Å². The molecule has 1 aliphatic heterocycles. The Hall–Kier alpha value is -4.30. The number of fused-ring (bicyclic) bond motifs is 3. The standard InChI is InChI=1S/C28H24ClN3O5/c1-15(20-5-3-4-6-23(20)29)36-28(35)31-26-16(2)37-32-27(26)18-8-10-22-21-9-7-17(12-25(33)34)11-19(21)14-30-24(22)13-18/h3-11,13,15,30H,12,14H2,1-2H3,(H,31,35)(H,33,34). The van der Waals surface area contributed by atoms with Crippen molar-refractivity contribution in [3.63, 3.8) is 0 Å². The van der Waals surface area contributed by atoms with Gasteiger partial charge in [0, 0.05) is 33.9 Å². The summed E-state index contributed by atoms with van der Waals surface area (Å²) in [5.41, 5.74) is 7.10. The molecule has 0 aliphatic carbocycles. The van der Waals surface area contributed by atoms with Crippen LogP contribution in [0, 0.1) is 6.92 Å². The van der Waals surface area contributed by atoms with Crippen LogP contribution >= 0.6 is 11.6 Å². The lowest BCUT2D eigenvalue weighted by Gasteiger charge is -2.23. The van der Waals surface area contributed by atoms with Crippen molar-refractivity contribution >= 4 is 35.0 Å². The van der Waals surface area contributed by atoms with E-state index < -0.39 is 18.2 Å². The molecule has 0 bridgehead atoms. The zero-order valence-electron chi connectivity index (χ0n) is 20.2. The van der Waals surface area contributed by atoms with E-state index in [0.717, 1.165) is 33.5 Å². The molecule has 1 unspecified atom stereocenters. The molecule has 1 aliphatic rings. The number of carbonyl (C=O) groups excluding carboxylic acids is 1. The number of nitrogens with zero attached hydrogens (tertiary/aromatic N) is 1. The van der Waals surface area contributed by atoms with Crippen LogP contribution in [0.2, 0.25) is 5.02 Å². The maximum atomic E-state index is 12.7. The van der Waals surface area contributed by atoms with Gasteiger partial charge in [-0.15, -0.1) is 0 Å². The molecule has 0 saturated carbocycles. The summed E-state index contributed by atoms with van der Waals surface area (Å²) in [6.45, 7) is 4.03. The van der Waals surface area contributed by atoms with E-state index >= 15 is 0 Å². The number of amides is 1. The highest BCUT2D eigenvalue weighted by Crippen LogP contribution is 2.40. The normalized spacial score (nSPS) is 12.6. The molecule has 2 heterocycles. The Bertz CT molecular complexity index is 1510. The molecule has 3 N–H and O–H groups in total. The number of aromatic nitrogens is 1. The average Bonchev–Trinajstić information content (AvgIpc) is 3.22. The molecule has 5 rings (SSSR count). The van der Waals surface area contributed by atoms with Crippen molar-refractivity contribution < 1.29 is 24.0 Å². The van der Waals surface area contributed by atoms with Crippen molar-refractivity contribution in [3.05, 3.63) is 88.1 Å². The quantitative estimate of drug-likeness (QED) is 0.257. The minimum absolute atomic E-state index is 0.0139. The van der Waals surface area contributed by atoms with E-state index in [0.29, 0.717) is 34.3 Å². The van der Waals surface area contributed by atoms with Gasteiger partial charge in [0.05, 0.1) is 6.42 Å². The van der Waals surface area contributed by atoms with Crippen molar-refractivity contribution in [1.29, 1.82) is 0 Å². The van der Waals surface area contributed by atoms with E-state index in [9.17, 15) is 9.59 Å². The first-order valence-corrected chi connectivity index (χ1v) is 12.1. The highest BCUT2D eigenvalue weighted by atomic mass is 35.5. The molecular formula is C28H24ClN3O5. The summed E-state index contributed by atoms with van der Waals surface area (Å²) in [6, 6.07) is 18.7. The first-order valence-electron chi connectivity index (χ1n) is 11.7. The molecule has 1 atom stereocenters. The van der Waals surface area contributed by atoms with Gasteiger partial charge >= 0.3 is 12.1 Å². The van der Waals surface area contributed by atoms with Crippen molar-refractivity contribution in [1.82, 2.24) is 5.16 Å². The number of anilines is 2. The SMILES string of the molecule is Cc1onc(-c2ccc3c(c2)NCc2cc(CC(=O)O)ccc2-3)c1NC(=O)OC(C)c1ccccc1Cl. The lowest BCUT2D eigenvalue weighted by Crippen LogP contribution is -2.17. The molecule has 9 heteroatoms. The first-order chi connectivity index (χ1) is 17.8. The number of carbonyl (C=O) groups is 2. The average molecular weight is 518 g/mol. The van der Waals surface area contributed by atoms with Gasteiger partial charge in [-0.05, 0) is 42.7 Å². The first kappa shape index (κ1) is 24.4. The molecule has 188 valence electrons. The Morgan fingerprint density at radius 2 is 1.95 bits per heavy atom. The monoisotopic (exact) mass is 517 g/mol. The highest BCUT2D eigenvalue weighted by molar-refractivity contribution is 6.31. The molecular weight excluding hydrogens is 494 g/mol. The minimum Gasteiger partial charge on any atom is -0.481 e. The fraction of sp³-hybridized carbons (Fsp3) is 0.179. The molecule has 8 nitrogen and oxygen atoms in total. The molecule has 0 radical (unpaired) electrons.